The molecule has 0 fully saturated rings. The molecule has 5 N–H and O–H groups in total. The lowest BCUT2D eigenvalue weighted by molar-refractivity contribution is 0.102. The number of nitrogens with one attached hydrogen (secondary N) is 1. The van der Waals surface area contributed by atoms with Crippen LogP contribution in [0, 0.1) is 0 Å². The second-order valence-electron chi connectivity index (χ2n) is 3.86. The van der Waals surface area contributed by atoms with Crippen molar-refractivity contribution in [3.8, 4) is 11.5 Å². The molecule has 0 saturated carbocycles. The summed E-state index contributed by atoms with van der Waals surface area (Å²) in [4.78, 5) is 12.0. The van der Waals surface area contributed by atoms with Crippen LogP contribution in [-0.2, 0) is 0 Å². The summed E-state index contributed by atoms with van der Waals surface area (Å²) < 4.78 is 0. The number of carbonyl (C=O) groups excluding carboxylic acids is 1. The maximum Gasteiger partial charge on any atom is 0.259 e. The largest absolute Gasteiger partial charge is 0.508 e. The van der Waals surface area contributed by atoms with E-state index in [4.69, 9.17) is 17.3 Å². The standard InChI is InChI=1S/C13H11ClN2O3/c14-9-2-1-3-10(15)12(9)16-13(19)8-6-7(17)4-5-11(8)18/h1-6,17-18H,15H2,(H,16,19). The molecule has 0 radical (unpaired) electrons. The van der Waals surface area contributed by atoms with Crippen LogP contribution in [0.5, 0.6) is 11.5 Å². The maximum absolute atomic E-state index is 12.0. The SMILES string of the molecule is Nc1cccc(Cl)c1NC(=O)c1cc(O)ccc1O. The highest BCUT2D eigenvalue weighted by Crippen LogP contribution is 2.30. The molecular weight excluding hydrogens is 268 g/mol. The monoisotopic (exact) mass is 278 g/mol. The molecule has 2 aromatic rings. The van der Waals surface area contributed by atoms with Gasteiger partial charge in [0, 0.05) is 0 Å². The van der Waals surface area contributed by atoms with Crippen molar-refractivity contribution in [2.24, 2.45) is 0 Å². The van der Waals surface area contributed by atoms with E-state index in [9.17, 15) is 15.0 Å². The Bertz CT molecular complexity index is 624. The Morgan fingerprint density at radius 2 is 1.95 bits per heavy atom. The number of benzene rings is 2. The fourth-order valence-corrected chi connectivity index (χ4v) is 1.79. The highest BCUT2D eigenvalue weighted by molar-refractivity contribution is 6.34. The number of rotatable bonds is 2. The van der Waals surface area contributed by atoms with E-state index in [0.29, 0.717) is 5.69 Å². The van der Waals surface area contributed by atoms with Crippen LogP contribution in [0.1, 0.15) is 10.4 Å². The van der Waals surface area contributed by atoms with Gasteiger partial charge < -0.3 is 21.3 Å². The van der Waals surface area contributed by atoms with Crippen molar-refractivity contribution in [3.05, 3.63) is 47.0 Å². The summed E-state index contributed by atoms with van der Waals surface area (Å²) in [5, 5.41) is 21.7. The van der Waals surface area contributed by atoms with Crippen molar-refractivity contribution >= 4 is 28.9 Å². The third kappa shape index (κ3) is 2.71. The van der Waals surface area contributed by atoms with Crippen LogP contribution in [0.15, 0.2) is 36.4 Å². The first-order valence-electron chi connectivity index (χ1n) is 5.36. The number of hydrogen-bond acceptors (Lipinski definition) is 4. The van der Waals surface area contributed by atoms with Crippen molar-refractivity contribution in [3.63, 3.8) is 0 Å². The highest BCUT2D eigenvalue weighted by atomic mass is 35.5. The van der Waals surface area contributed by atoms with E-state index in [1.165, 1.54) is 12.1 Å². The van der Waals surface area contributed by atoms with Gasteiger partial charge in [-0.15, -0.1) is 0 Å². The maximum atomic E-state index is 12.0. The molecule has 6 heteroatoms. The first kappa shape index (κ1) is 13.0. The Labute approximate surface area is 114 Å². The molecule has 5 nitrogen and oxygen atoms in total. The van der Waals surface area contributed by atoms with E-state index >= 15 is 0 Å². The van der Waals surface area contributed by atoms with Crippen molar-refractivity contribution in [2.75, 3.05) is 11.1 Å². The zero-order valence-corrected chi connectivity index (χ0v) is 10.5. The van der Waals surface area contributed by atoms with E-state index in [-0.39, 0.29) is 27.8 Å². The number of amides is 1. The highest BCUT2D eigenvalue weighted by Gasteiger charge is 2.15. The molecule has 2 rings (SSSR count). The number of carbonyl (C=O) groups is 1. The van der Waals surface area contributed by atoms with Gasteiger partial charge in [0.15, 0.2) is 0 Å². The zero-order valence-electron chi connectivity index (χ0n) is 9.72. The van der Waals surface area contributed by atoms with Gasteiger partial charge in [-0.25, -0.2) is 0 Å². The van der Waals surface area contributed by atoms with Gasteiger partial charge in [0.1, 0.15) is 11.5 Å². The van der Waals surface area contributed by atoms with Gasteiger partial charge in [0.05, 0.1) is 22.0 Å². The van der Waals surface area contributed by atoms with E-state index in [1.807, 2.05) is 0 Å². The number of aromatic hydroxyl groups is 2. The van der Waals surface area contributed by atoms with Crippen LogP contribution in [0.2, 0.25) is 5.02 Å². The van der Waals surface area contributed by atoms with Crippen molar-refractivity contribution < 1.29 is 15.0 Å². The quantitative estimate of drug-likeness (QED) is 0.501. The molecule has 0 aliphatic carbocycles. The van der Waals surface area contributed by atoms with Crippen molar-refractivity contribution in [1.82, 2.24) is 0 Å². The molecule has 0 heterocycles. The fraction of sp³-hybridized carbons (Fsp3) is 0. The Hall–Kier alpha value is -2.40. The second-order valence-corrected chi connectivity index (χ2v) is 4.27. The van der Waals surface area contributed by atoms with Gasteiger partial charge >= 0.3 is 0 Å². The zero-order chi connectivity index (χ0) is 14.0. The van der Waals surface area contributed by atoms with Crippen LogP contribution in [0.25, 0.3) is 0 Å². The Balaban J connectivity index is 2.34. The smallest absolute Gasteiger partial charge is 0.259 e. The molecule has 0 atom stereocenters. The van der Waals surface area contributed by atoms with Crippen LogP contribution in [0.4, 0.5) is 11.4 Å². The van der Waals surface area contributed by atoms with E-state index in [0.717, 1.165) is 6.07 Å². The Morgan fingerprint density at radius 3 is 2.63 bits per heavy atom. The van der Waals surface area contributed by atoms with Gasteiger partial charge in [-0.1, -0.05) is 17.7 Å². The molecule has 0 unspecified atom stereocenters. The van der Waals surface area contributed by atoms with Gasteiger partial charge in [0.2, 0.25) is 0 Å². The topological polar surface area (TPSA) is 95.6 Å². The molecule has 0 spiro atoms. The third-order valence-corrected chi connectivity index (χ3v) is 2.82. The van der Waals surface area contributed by atoms with Gasteiger partial charge in [-0.3, -0.25) is 4.79 Å². The summed E-state index contributed by atoms with van der Waals surface area (Å²) in [5.41, 5.74) is 6.20. The summed E-state index contributed by atoms with van der Waals surface area (Å²) in [5.74, 6) is -0.996. The lowest BCUT2D eigenvalue weighted by Gasteiger charge is -2.11. The minimum absolute atomic E-state index is 0.0701. The number of nitrogens with two attached hydrogens (primary N) is 1. The molecule has 0 bridgehead atoms. The molecule has 0 aliphatic heterocycles. The summed E-state index contributed by atoms with van der Waals surface area (Å²) in [6.45, 7) is 0. The first-order chi connectivity index (χ1) is 8.99. The van der Waals surface area contributed by atoms with Crippen LogP contribution < -0.4 is 11.1 Å². The molecule has 0 saturated heterocycles. The summed E-state index contributed by atoms with van der Waals surface area (Å²) >= 11 is 5.93. The van der Waals surface area contributed by atoms with Crippen molar-refractivity contribution in [2.45, 2.75) is 0 Å². The van der Waals surface area contributed by atoms with E-state index in [2.05, 4.69) is 5.32 Å². The number of hydrogen-bond donors (Lipinski definition) is 4. The second kappa shape index (κ2) is 5.07. The van der Waals surface area contributed by atoms with Gasteiger partial charge in [-0.05, 0) is 30.3 Å². The molecule has 0 aromatic heterocycles. The van der Waals surface area contributed by atoms with Gasteiger partial charge in [0.25, 0.3) is 5.91 Å². The molecule has 1 amide bonds. The third-order valence-electron chi connectivity index (χ3n) is 2.51. The minimum atomic E-state index is -0.617. The summed E-state index contributed by atoms with van der Waals surface area (Å²) in [6, 6.07) is 8.46. The van der Waals surface area contributed by atoms with Crippen LogP contribution in [0.3, 0.4) is 0 Å². The molecule has 19 heavy (non-hydrogen) atoms. The Morgan fingerprint density at radius 1 is 1.21 bits per heavy atom. The molecule has 98 valence electrons. The normalized spacial score (nSPS) is 10.2. The minimum Gasteiger partial charge on any atom is -0.508 e. The number of para-hydroxylation sites is 1. The summed E-state index contributed by atoms with van der Waals surface area (Å²) in [7, 11) is 0. The first-order valence-corrected chi connectivity index (χ1v) is 5.74. The number of anilines is 2. The van der Waals surface area contributed by atoms with E-state index in [1.54, 1.807) is 18.2 Å². The molecular formula is C13H11ClN2O3. The number of nitrogen functional groups attached to an aromatic ring is 1. The lowest BCUT2D eigenvalue weighted by Crippen LogP contribution is -2.13. The number of halogens is 1. The fourth-order valence-electron chi connectivity index (χ4n) is 1.56. The lowest BCUT2D eigenvalue weighted by atomic mass is 10.1. The Kier molecular flexibility index (Phi) is 3.48. The van der Waals surface area contributed by atoms with Crippen LogP contribution in [-0.4, -0.2) is 16.1 Å². The summed E-state index contributed by atoms with van der Waals surface area (Å²) in [6.07, 6.45) is 0. The number of phenolic OH excluding ortho intramolecular Hbond substituents is 2. The molecule has 2 aromatic carbocycles. The predicted molar refractivity (Wildman–Crippen MR) is 73.6 cm³/mol. The van der Waals surface area contributed by atoms with E-state index < -0.39 is 5.91 Å². The average Bonchev–Trinajstić information content (AvgIpc) is 2.37. The van der Waals surface area contributed by atoms with Gasteiger partial charge in [-0.2, -0.15) is 0 Å². The molecule has 0 aliphatic rings. The van der Waals surface area contributed by atoms with Crippen molar-refractivity contribution in [1.29, 1.82) is 0 Å². The number of phenols is 2. The average molecular weight is 279 g/mol. The van der Waals surface area contributed by atoms with Crippen LogP contribution >= 0.6 is 11.6 Å². The predicted octanol–water partition coefficient (Wildman–Crippen LogP) is 2.59.